The normalized spacial score (nSPS) is 11.5. The fraction of sp³-hybridized carbons (Fsp3) is 0.136. The highest BCUT2D eigenvalue weighted by Crippen LogP contribution is 2.43. The second-order valence-corrected chi connectivity index (χ2v) is 8.01. The molecule has 11 nitrogen and oxygen atoms in total. The molecule has 0 radical (unpaired) electrons. The summed E-state index contributed by atoms with van der Waals surface area (Å²) in [6.07, 6.45) is -8.26. The lowest BCUT2D eigenvalue weighted by Gasteiger charge is -2.21. The largest absolute Gasteiger partial charge is 0.573 e. The number of pyridine rings is 1. The molecule has 2 aromatic carbocycles. The Kier molecular flexibility index (Phi) is 8.72. The number of amides is 1. The SMILES string of the molecule is COC(=O)c1cc(NC(=O)c2c(Cl)cc(Cl)cc2Oc2ccc(OC(F)(F)F)c(F)c2OC(O)(O)O)ccn1. The lowest BCUT2D eigenvalue weighted by atomic mass is 10.1. The molecule has 39 heavy (non-hydrogen) atoms. The summed E-state index contributed by atoms with van der Waals surface area (Å²) in [4.78, 5) is 28.6. The number of benzene rings is 2. The van der Waals surface area contributed by atoms with E-state index >= 15 is 0 Å². The van der Waals surface area contributed by atoms with E-state index in [0.717, 1.165) is 25.3 Å². The third-order valence-electron chi connectivity index (χ3n) is 4.37. The van der Waals surface area contributed by atoms with Gasteiger partial charge in [-0.05, 0) is 30.3 Å². The minimum atomic E-state index is -5.36. The number of aliphatic hydroxyl groups is 3. The van der Waals surface area contributed by atoms with E-state index in [2.05, 4.69) is 24.5 Å². The molecule has 0 spiro atoms. The molecule has 3 rings (SSSR count). The van der Waals surface area contributed by atoms with E-state index in [0.29, 0.717) is 12.1 Å². The second-order valence-electron chi connectivity index (χ2n) is 7.17. The topological polar surface area (TPSA) is 157 Å². The molecule has 0 saturated heterocycles. The highest BCUT2D eigenvalue weighted by Gasteiger charge is 2.35. The molecular weight excluding hydrogens is 583 g/mol. The van der Waals surface area contributed by atoms with Gasteiger partial charge in [0.2, 0.25) is 11.6 Å². The van der Waals surface area contributed by atoms with Gasteiger partial charge in [0.25, 0.3) is 5.91 Å². The van der Waals surface area contributed by atoms with Crippen LogP contribution in [-0.4, -0.2) is 51.8 Å². The van der Waals surface area contributed by atoms with Crippen LogP contribution in [0.15, 0.2) is 42.6 Å². The summed E-state index contributed by atoms with van der Waals surface area (Å²) < 4.78 is 70.3. The molecule has 0 unspecified atom stereocenters. The average molecular weight is 597 g/mol. The number of nitrogens with zero attached hydrogens (tertiary/aromatic N) is 1. The third kappa shape index (κ3) is 7.81. The Bertz CT molecular complexity index is 1420. The zero-order valence-corrected chi connectivity index (χ0v) is 20.6. The first-order valence-corrected chi connectivity index (χ1v) is 10.8. The maximum absolute atomic E-state index is 14.8. The number of methoxy groups -OCH3 is 1. The lowest BCUT2D eigenvalue weighted by molar-refractivity contribution is -0.420. The van der Waals surface area contributed by atoms with E-state index in [-0.39, 0.29) is 21.4 Å². The third-order valence-corrected chi connectivity index (χ3v) is 4.88. The Hall–Kier alpha value is -3.89. The van der Waals surface area contributed by atoms with Gasteiger partial charge in [-0.3, -0.25) is 4.79 Å². The number of ether oxygens (including phenoxy) is 4. The van der Waals surface area contributed by atoms with Crippen LogP contribution in [0.3, 0.4) is 0 Å². The number of carbonyl (C=O) groups is 2. The van der Waals surface area contributed by atoms with E-state index in [1.54, 1.807) is 0 Å². The van der Waals surface area contributed by atoms with Crippen molar-refractivity contribution >= 4 is 40.8 Å². The zero-order valence-electron chi connectivity index (χ0n) is 19.0. The molecule has 0 bridgehead atoms. The van der Waals surface area contributed by atoms with Crippen LogP contribution in [0, 0.1) is 5.82 Å². The summed E-state index contributed by atoms with van der Waals surface area (Å²) in [5.41, 5.74) is -0.572. The molecule has 0 fully saturated rings. The maximum Gasteiger partial charge on any atom is 0.573 e. The van der Waals surface area contributed by atoms with Crippen LogP contribution >= 0.6 is 23.2 Å². The molecule has 17 heteroatoms. The van der Waals surface area contributed by atoms with Crippen molar-refractivity contribution in [2.24, 2.45) is 0 Å². The van der Waals surface area contributed by atoms with E-state index < -0.39 is 58.8 Å². The van der Waals surface area contributed by atoms with Crippen molar-refractivity contribution in [3.05, 3.63) is 69.7 Å². The van der Waals surface area contributed by atoms with Gasteiger partial charge in [-0.2, -0.15) is 4.39 Å². The Labute approximate surface area is 225 Å². The Morgan fingerprint density at radius 2 is 1.64 bits per heavy atom. The van der Waals surface area contributed by atoms with Crippen LogP contribution in [0.25, 0.3) is 0 Å². The predicted molar refractivity (Wildman–Crippen MR) is 123 cm³/mol. The van der Waals surface area contributed by atoms with Crippen molar-refractivity contribution in [3.8, 4) is 23.0 Å². The molecule has 0 aliphatic rings. The van der Waals surface area contributed by atoms with Crippen LogP contribution in [-0.2, 0) is 4.74 Å². The molecule has 0 aliphatic carbocycles. The summed E-state index contributed by atoms with van der Waals surface area (Å²) in [6.45, 7) is 0. The molecule has 1 aromatic heterocycles. The number of halogens is 6. The minimum absolute atomic E-state index is 0.0433. The van der Waals surface area contributed by atoms with E-state index in [9.17, 15) is 27.2 Å². The fourth-order valence-corrected chi connectivity index (χ4v) is 3.48. The first kappa shape index (κ1) is 29.7. The standard InChI is InChI=1S/C22H14Cl2F4N2O9/c1-36-20(32)12-8-10(4-5-29-12)30-19(31)16-11(24)6-9(23)7-15(16)37-14-3-2-13(38-21(26,27)28)17(25)18(14)39-22(33,34)35/h2-8,33-35H,1H3,(H,29,30,31). The minimum Gasteiger partial charge on any atom is -0.464 e. The summed E-state index contributed by atoms with van der Waals surface area (Å²) in [7, 11) is 1.11. The highest BCUT2D eigenvalue weighted by molar-refractivity contribution is 6.37. The van der Waals surface area contributed by atoms with Gasteiger partial charge in [0.05, 0.1) is 12.1 Å². The predicted octanol–water partition coefficient (Wildman–Crippen LogP) is 4.22. The number of hydrogen-bond acceptors (Lipinski definition) is 10. The molecule has 208 valence electrons. The van der Waals surface area contributed by atoms with Crippen LogP contribution in [0.2, 0.25) is 10.0 Å². The number of alkyl halides is 3. The van der Waals surface area contributed by atoms with E-state index in [4.69, 9.17) is 43.3 Å². The van der Waals surface area contributed by atoms with Crippen molar-refractivity contribution < 1.29 is 61.4 Å². The van der Waals surface area contributed by atoms with Crippen LogP contribution < -0.4 is 19.5 Å². The first-order chi connectivity index (χ1) is 18.1. The number of aromatic nitrogens is 1. The van der Waals surface area contributed by atoms with Crippen molar-refractivity contribution in [1.29, 1.82) is 0 Å². The van der Waals surface area contributed by atoms with Crippen molar-refractivity contribution in [1.82, 2.24) is 4.98 Å². The second kappa shape index (κ2) is 11.5. The maximum atomic E-state index is 14.8. The number of nitrogens with one attached hydrogen (secondary N) is 1. The van der Waals surface area contributed by atoms with Gasteiger partial charge in [-0.25, -0.2) is 9.78 Å². The van der Waals surface area contributed by atoms with Gasteiger partial charge >= 0.3 is 18.5 Å². The number of anilines is 1. The summed E-state index contributed by atoms with van der Waals surface area (Å²) in [5, 5.41) is 29.4. The fourth-order valence-electron chi connectivity index (χ4n) is 2.92. The van der Waals surface area contributed by atoms with Crippen molar-refractivity contribution in [3.63, 3.8) is 0 Å². The molecule has 1 amide bonds. The quantitative estimate of drug-likeness (QED) is 0.168. The first-order valence-electron chi connectivity index (χ1n) is 10.0. The van der Waals surface area contributed by atoms with Crippen molar-refractivity contribution in [2.45, 2.75) is 12.5 Å². The van der Waals surface area contributed by atoms with Gasteiger partial charge in [-0.15, -0.1) is 13.2 Å². The van der Waals surface area contributed by atoms with E-state index in [1.807, 2.05) is 0 Å². The summed E-state index contributed by atoms with van der Waals surface area (Å²) in [5.74, 6) is -8.13. The van der Waals surface area contributed by atoms with Gasteiger partial charge in [0.1, 0.15) is 17.0 Å². The van der Waals surface area contributed by atoms with Crippen LogP contribution in [0.4, 0.5) is 23.2 Å². The van der Waals surface area contributed by atoms with Gasteiger partial charge in [-0.1, -0.05) is 23.2 Å². The van der Waals surface area contributed by atoms with Crippen molar-refractivity contribution in [2.75, 3.05) is 12.4 Å². The smallest absolute Gasteiger partial charge is 0.464 e. The Morgan fingerprint density at radius 3 is 2.26 bits per heavy atom. The molecule has 4 N–H and O–H groups in total. The number of carbonyl (C=O) groups excluding carboxylic acids is 2. The Morgan fingerprint density at radius 1 is 0.974 bits per heavy atom. The highest BCUT2D eigenvalue weighted by atomic mass is 35.5. The number of esters is 1. The number of hydrogen-bond donors (Lipinski definition) is 4. The molecule has 0 atom stereocenters. The summed E-state index contributed by atoms with van der Waals surface area (Å²) >= 11 is 12.1. The molecule has 0 saturated carbocycles. The van der Waals surface area contributed by atoms with Crippen LogP contribution in [0.1, 0.15) is 20.8 Å². The van der Waals surface area contributed by atoms with E-state index in [1.165, 1.54) is 12.3 Å². The van der Waals surface area contributed by atoms with Gasteiger partial charge < -0.3 is 39.6 Å². The average Bonchev–Trinajstić information content (AvgIpc) is 2.81. The summed E-state index contributed by atoms with van der Waals surface area (Å²) in [6, 6.07) is 5.66. The monoisotopic (exact) mass is 596 g/mol. The molecule has 0 aliphatic heterocycles. The van der Waals surface area contributed by atoms with Gasteiger partial charge in [0.15, 0.2) is 11.5 Å². The zero-order chi connectivity index (χ0) is 29.1. The van der Waals surface area contributed by atoms with Crippen LogP contribution in [0.5, 0.6) is 23.0 Å². The molecule has 3 aromatic rings. The molecular formula is C22H14Cl2F4N2O9. The molecule has 1 heterocycles. The van der Waals surface area contributed by atoms with Gasteiger partial charge in [0, 0.05) is 23.0 Å². The number of rotatable bonds is 8. The Balaban J connectivity index is 2.05. The lowest BCUT2D eigenvalue weighted by Crippen LogP contribution is -2.35.